The third kappa shape index (κ3) is 2.19. The fraction of sp³-hybridized carbons (Fsp3) is 0.111. The van der Waals surface area contributed by atoms with Crippen LogP contribution in [-0.4, -0.2) is 16.7 Å². The lowest BCUT2D eigenvalue weighted by molar-refractivity contribution is 0.343. The molecule has 0 saturated heterocycles. The van der Waals surface area contributed by atoms with Crippen LogP contribution in [0.15, 0.2) is 24.4 Å². The highest BCUT2D eigenvalue weighted by Gasteiger charge is 1.90. The Morgan fingerprint density at radius 2 is 2.50 bits per heavy atom. The summed E-state index contributed by atoms with van der Waals surface area (Å²) in [6, 6.07) is 5.37. The molecule has 0 aliphatic heterocycles. The quantitative estimate of drug-likeness (QED) is 0.701. The van der Waals surface area contributed by atoms with Crippen LogP contribution in [0.4, 0.5) is 0 Å². The van der Waals surface area contributed by atoms with E-state index in [2.05, 4.69) is 4.98 Å². The summed E-state index contributed by atoms with van der Waals surface area (Å²) in [5.74, 6) is 0. The SMILES string of the molecule is N#Cc1cc(C=CCO)ccn1. The molecule has 3 nitrogen and oxygen atoms in total. The molecule has 1 aromatic heterocycles. The normalized spacial score (nSPS) is 10.0. The molecular formula is C9H8N2O. The van der Waals surface area contributed by atoms with E-state index in [0.717, 1.165) is 5.56 Å². The topological polar surface area (TPSA) is 56.9 Å². The monoisotopic (exact) mass is 160 g/mol. The molecule has 1 heterocycles. The number of aliphatic hydroxyl groups is 1. The molecule has 0 radical (unpaired) electrons. The Kier molecular flexibility index (Phi) is 3.00. The second-order valence-corrected chi connectivity index (χ2v) is 2.17. The molecule has 60 valence electrons. The van der Waals surface area contributed by atoms with Crippen molar-refractivity contribution in [1.29, 1.82) is 5.26 Å². The average molecular weight is 160 g/mol. The second kappa shape index (κ2) is 4.27. The maximum atomic E-state index is 8.50. The van der Waals surface area contributed by atoms with Gasteiger partial charge in [0.15, 0.2) is 0 Å². The smallest absolute Gasteiger partial charge is 0.141 e. The fourth-order valence-corrected chi connectivity index (χ4v) is 0.800. The van der Waals surface area contributed by atoms with E-state index in [9.17, 15) is 0 Å². The van der Waals surface area contributed by atoms with Gasteiger partial charge in [-0.2, -0.15) is 5.26 Å². The summed E-state index contributed by atoms with van der Waals surface area (Å²) in [6.45, 7) is 0.00418. The molecule has 0 saturated carbocycles. The van der Waals surface area contributed by atoms with E-state index in [1.807, 2.05) is 6.07 Å². The number of aliphatic hydroxyl groups excluding tert-OH is 1. The van der Waals surface area contributed by atoms with Gasteiger partial charge < -0.3 is 5.11 Å². The van der Waals surface area contributed by atoms with Gasteiger partial charge in [0.05, 0.1) is 6.61 Å². The van der Waals surface area contributed by atoms with E-state index >= 15 is 0 Å². The van der Waals surface area contributed by atoms with Crippen LogP contribution in [0.3, 0.4) is 0 Å². The molecular weight excluding hydrogens is 152 g/mol. The summed E-state index contributed by atoms with van der Waals surface area (Å²) in [5.41, 5.74) is 1.26. The number of aromatic nitrogens is 1. The van der Waals surface area contributed by atoms with Crippen molar-refractivity contribution in [3.05, 3.63) is 35.7 Å². The summed E-state index contributed by atoms with van der Waals surface area (Å²) in [7, 11) is 0. The van der Waals surface area contributed by atoms with Crippen LogP contribution in [0.25, 0.3) is 6.08 Å². The van der Waals surface area contributed by atoms with Crippen molar-refractivity contribution in [3.63, 3.8) is 0 Å². The highest BCUT2D eigenvalue weighted by Crippen LogP contribution is 2.02. The van der Waals surface area contributed by atoms with Gasteiger partial charge in [0, 0.05) is 6.20 Å². The van der Waals surface area contributed by atoms with E-state index in [-0.39, 0.29) is 6.61 Å². The van der Waals surface area contributed by atoms with Gasteiger partial charge in [-0.15, -0.1) is 0 Å². The number of nitriles is 1. The Bertz CT molecular complexity index is 326. The third-order valence-electron chi connectivity index (χ3n) is 1.31. The number of nitrogens with zero attached hydrogens (tertiary/aromatic N) is 2. The highest BCUT2D eigenvalue weighted by molar-refractivity contribution is 5.50. The zero-order valence-electron chi connectivity index (χ0n) is 6.44. The average Bonchev–Trinajstić information content (AvgIpc) is 2.15. The van der Waals surface area contributed by atoms with Gasteiger partial charge in [-0.1, -0.05) is 12.2 Å². The van der Waals surface area contributed by atoms with Gasteiger partial charge in [0.1, 0.15) is 11.8 Å². The molecule has 0 unspecified atom stereocenters. The van der Waals surface area contributed by atoms with Crippen LogP contribution in [0.1, 0.15) is 11.3 Å². The molecule has 0 fully saturated rings. The molecule has 1 rings (SSSR count). The van der Waals surface area contributed by atoms with Gasteiger partial charge in [-0.25, -0.2) is 4.98 Å². The lowest BCUT2D eigenvalue weighted by Crippen LogP contribution is -1.82. The van der Waals surface area contributed by atoms with Gasteiger partial charge in [0.25, 0.3) is 0 Å². The van der Waals surface area contributed by atoms with Crippen molar-refractivity contribution in [2.24, 2.45) is 0 Å². The van der Waals surface area contributed by atoms with Crippen LogP contribution in [0.5, 0.6) is 0 Å². The minimum absolute atomic E-state index is 0.00418. The molecule has 0 aliphatic rings. The standard InChI is InChI=1S/C9H8N2O/c10-7-9-6-8(2-1-5-12)3-4-11-9/h1-4,6,12H,5H2. The first-order chi connectivity index (χ1) is 5.86. The Balaban J connectivity index is 2.88. The first-order valence-corrected chi connectivity index (χ1v) is 3.50. The molecule has 0 aliphatic carbocycles. The van der Waals surface area contributed by atoms with Crippen LogP contribution in [0.2, 0.25) is 0 Å². The molecule has 3 heteroatoms. The largest absolute Gasteiger partial charge is 0.392 e. The number of hydrogen-bond acceptors (Lipinski definition) is 3. The maximum Gasteiger partial charge on any atom is 0.141 e. The molecule has 1 N–H and O–H groups in total. The van der Waals surface area contributed by atoms with Crippen molar-refractivity contribution in [1.82, 2.24) is 4.98 Å². The molecule has 0 spiro atoms. The second-order valence-electron chi connectivity index (χ2n) is 2.17. The third-order valence-corrected chi connectivity index (χ3v) is 1.31. The Morgan fingerprint density at radius 1 is 1.67 bits per heavy atom. The molecule has 0 amide bonds. The minimum atomic E-state index is 0.00418. The van der Waals surface area contributed by atoms with Crippen molar-refractivity contribution in [2.45, 2.75) is 0 Å². The predicted molar refractivity (Wildman–Crippen MR) is 45.1 cm³/mol. The van der Waals surface area contributed by atoms with Gasteiger partial charge in [-0.3, -0.25) is 0 Å². The number of pyridine rings is 1. The lowest BCUT2D eigenvalue weighted by Gasteiger charge is -1.91. The molecule has 0 bridgehead atoms. The van der Waals surface area contributed by atoms with E-state index < -0.39 is 0 Å². The maximum absolute atomic E-state index is 8.50. The van der Waals surface area contributed by atoms with Crippen molar-refractivity contribution >= 4 is 6.08 Å². The zero-order valence-corrected chi connectivity index (χ0v) is 6.44. The van der Waals surface area contributed by atoms with E-state index in [4.69, 9.17) is 10.4 Å². The fourth-order valence-electron chi connectivity index (χ4n) is 0.800. The van der Waals surface area contributed by atoms with Crippen molar-refractivity contribution in [2.75, 3.05) is 6.61 Å². The molecule has 12 heavy (non-hydrogen) atoms. The summed E-state index contributed by atoms with van der Waals surface area (Å²) in [5, 5.41) is 17.0. The Hall–Kier alpha value is -1.66. The van der Waals surface area contributed by atoms with Gasteiger partial charge in [0.2, 0.25) is 0 Å². The van der Waals surface area contributed by atoms with Crippen LogP contribution in [-0.2, 0) is 0 Å². The molecule has 0 aromatic carbocycles. The van der Waals surface area contributed by atoms with Crippen LogP contribution >= 0.6 is 0 Å². The van der Waals surface area contributed by atoms with Crippen LogP contribution < -0.4 is 0 Å². The van der Waals surface area contributed by atoms with E-state index in [1.165, 1.54) is 0 Å². The predicted octanol–water partition coefficient (Wildman–Crippen LogP) is 0.959. The summed E-state index contributed by atoms with van der Waals surface area (Å²) < 4.78 is 0. The van der Waals surface area contributed by atoms with Crippen molar-refractivity contribution < 1.29 is 5.11 Å². The summed E-state index contributed by atoms with van der Waals surface area (Å²) >= 11 is 0. The number of rotatable bonds is 2. The Morgan fingerprint density at radius 3 is 3.17 bits per heavy atom. The lowest BCUT2D eigenvalue weighted by atomic mass is 10.2. The summed E-state index contributed by atoms with van der Waals surface area (Å²) in [6.07, 6.45) is 4.91. The van der Waals surface area contributed by atoms with Gasteiger partial charge in [-0.05, 0) is 17.7 Å². The minimum Gasteiger partial charge on any atom is -0.392 e. The highest BCUT2D eigenvalue weighted by atomic mass is 16.2. The van der Waals surface area contributed by atoms with Crippen molar-refractivity contribution in [3.8, 4) is 6.07 Å². The van der Waals surface area contributed by atoms with Gasteiger partial charge >= 0.3 is 0 Å². The van der Waals surface area contributed by atoms with Crippen LogP contribution in [0, 0.1) is 11.3 Å². The Labute approximate surface area is 70.6 Å². The first kappa shape index (κ1) is 8.44. The summed E-state index contributed by atoms with van der Waals surface area (Å²) in [4.78, 5) is 3.81. The van der Waals surface area contributed by atoms with E-state index in [1.54, 1.807) is 30.5 Å². The molecule has 1 aromatic rings. The van der Waals surface area contributed by atoms with E-state index in [0.29, 0.717) is 5.69 Å². The zero-order chi connectivity index (χ0) is 8.81. The first-order valence-electron chi connectivity index (χ1n) is 3.50. The number of hydrogen-bond donors (Lipinski definition) is 1. The molecule has 0 atom stereocenters.